The number of nitrogens with zero attached hydrogens (tertiary/aromatic N) is 5. The van der Waals surface area contributed by atoms with E-state index in [1.54, 1.807) is 34.3 Å². The Morgan fingerprint density at radius 1 is 0.754 bits per heavy atom. The number of amides is 4. The first kappa shape index (κ1) is 46.0. The quantitative estimate of drug-likeness (QED) is 0.0927. The second-order valence-corrected chi connectivity index (χ2v) is 20.2. The summed E-state index contributed by atoms with van der Waals surface area (Å²) >= 11 is 1.38. The second-order valence-electron chi connectivity index (χ2n) is 19.1. The number of imidazole rings is 2. The molecule has 0 radical (unpaired) electrons. The van der Waals surface area contributed by atoms with E-state index in [0.717, 1.165) is 41.5 Å². The van der Waals surface area contributed by atoms with Gasteiger partial charge in [0.05, 0.1) is 66.9 Å². The van der Waals surface area contributed by atoms with Crippen LogP contribution in [0.2, 0.25) is 0 Å². The lowest BCUT2D eigenvalue weighted by molar-refractivity contribution is -0.136. The molecular formula is C50H55F2N9O7S. The van der Waals surface area contributed by atoms with Gasteiger partial charge < -0.3 is 44.6 Å². The van der Waals surface area contributed by atoms with Crippen molar-refractivity contribution >= 4 is 46.2 Å². The molecule has 3 aliphatic heterocycles. The van der Waals surface area contributed by atoms with Gasteiger partial charge in [0.25, 0.3) is 0 Å². The zero-order valence-corrected chi connectivity index (χ0v) is 40.0. The largest absolute Gasteiger partial charge is 0.464 e. The lowest BCUT2D eigenvalue weighted by Gasteiger charge is -2.30. The maximum absolute atomic E-state index is 16.9. The van der Waals surface area contributed by atoms with Crippen LogP contribution in [0, 0.1) is 23.5 Å². The molecule has 4 N–H and O–H groups in total. The third-order valence-electron chi connectivity index (χ3n) is 13.9. The molecule has 1 saturated carbocycles. The van der Waals surface area contributed by atoms with Crippen LogP contribution in [-0.4, -0.2) is 97.7 Å². The van der Waals surface area contributed by atoms with E-state index < -0.39 is 42.4 Å². The minimum atomic E-state index is -0.945. The predicted molar refractivity (Wildman–Crippen MR) is 253 cm³/mol. The van der Waals surface area contributed by atoms with Crippen LogP contribution in [0.1, 0.15) is 112 Å². The van der Waals surface area contributed by atoms with Crippen LogP contribution in [0.5, 0.6) is 5.75 Å². The lowest BCUT2D eigenvalue weighted by atomic mass is 10.0. The number of methoxy groups -OCH3 is 2. The van der Waals surface area contributed by atoms with Gasteiger partial charge in [-0.25, -0.2) is 28.3 Å². The Morgan fingerprint density at radius 3 is 1.88 bits per heavy atom. The van der Waals surface area contributed by atoms with Crippen molar-refractivity contribution in [3.63, 3.8) is 0 Å². The molecular weight excluding hydrogens is 909 g/mol. The number of nitrogens with one attached hydrogen (secondary N) is 4. The summed E-state index contributed by atoms with van der Waals surface area (Å²) in [6, 6.07) is 10.2. The van der Waals surface area contributed by atoms with Crippen LogP contribution < -0.4 is 15.4 Å². The highest BCUT2D eigenvalue weighted by molar-refractivity contribution is 7.12. The number of ether oxygens (including phenoxy) is 3. The van der Waals surface area contributed by atoms with Crippen LogP contribution in [0.25, 0.3) is 44.7 Å². The monoisotopic (exact) mass is 963 g/mol. The van der Waals surface area contributed by atoms with Crippen molar-refractivity contribution < 1.29 is 42.2 Å². The average molecular weight is 964 g/mol. The molecule has 7 heterocycles. The van der Waals surface area contributed by atoms with E-state index in [1.165, 1.54) is 31.6 Å². The number of aromatic amines is 2. The number of halogens is 2. The number of aromatic nitrogens is 5. The predicted octanol–water partition coefficient (Wildman–Crippen LogP) is 9.33. The van der Waals surface area contributed by atoms with E-state index in [9.17, 15) is 19.2 Å². The van der Waals surface area contributed by atoms with Crippen LogP contribution in [0.4, 0.5) is 18.4 Å². The number of hydrogen-bond donors (Lipinski definition) is 4. The highest BCUT2D eigenvalue weighted by Gasteiger charge is 2.41. The molecule has 10 rings (SSSR count). The van der Waals surface area contributed by atoms with Gasteiger partial charge in [0, 0.05) is 34.5 Å². The van der Waals surface area contributed by atoms with Gasteiger partial charge >= 0.3 is 12.2 Å². The van der Waals surface area contributed by atoms with Gasteiger partial charge in [0.1, 0.15) is 46.0 Å². The summed E-state index contributed by atoms with van der Waals surface area (Å²) in [7, 11) is 2.52. The molecule has 0 bridgehead atoms. The van der Waals surface area contributed by atoms with Crippen LogP contribution in [-0.2, 0) is 19.1 Å². The molecule has 19 heteroatoms. The van der Waals surface area contributed by atoms with Crippen molar-refractivity contribution in [2.45, 2.75) is 103 Å². The van der Waals surface area contributed by atoms with E-state index >= 15 is 8.78 Å². The Labute approximate surface area is 401 Å². The summed E-state index contributed by atoms with van der Waals surface area (Å²) in [4.78, 5) is 72.9. The van der Waals surface area contributed by atoms with Gasteiger partial charge in [-0.2, -0.15) is 0 Å². The van der Waals surface area contributed by atoms with E-state index in [2.05, 4.69) is 25.6 Å². The third kappa shape index (κ3) is 8.48. The number of carbonyl (C=O) groups is 4. The normalized spacial score (nSPS) is 19.7. The molecule has 69 heavy (non-hydrogen) atoms. The first-order chi connectivity index (χ1) is 33.2. The summed E-state index contributed by atoms with van der Waals surface area (Å²) in [6.45, 7) is 8.45. The zero-order valence-electron chi connectivity index (χ0n) is 39.2. The number of H-pyrrole nitrogens is 2. The molecule has 1 aliphatic carbocycles. The maximum Gasteiger partial charge on any atom is 0.407 e. The fourth-order valence-corrected chi connectivity index (χ4v) is 11.3. The Balaban J connectivity index is 0.975. The Kier molecular flexibility index (Phi) is 12.2. The van der Waals surface area contributed by atoms with E-state index in [1.807, 2.05) is 56.5 Å². The fourth-order valence-electron chi connectivity index (χ4n) is 10.1. The zero-order chi connectivity index (χ0) is 48.4. The minimum absolute atomic E-state index is 0.171. The van der Waals surface area contributed by atoms with E-state index in [4.69, 9.17) is 19.2 Å². The molecule has 362 valence electrons. The van der Waals surface area contributed by atoms with E-state index in [0.29, 0.717) is 76.5 Å². The Bertz CT molecular complexity index is 2970. The number of carbonyl (C=O) groups excluding carboxylic acids is 4. The van der Waals surface area contributed by atoms with Gasteiger partial charge in [0.2, 0.25) is 18.0 Å². The molecule has 1 unspecified atom stereocenters. The molecule has 0 spiro atoms. The Morgan fingerprint density at radius 2 is 1.33 bits per heavy atom. The smallest absolute Gasteiger partial charge is 0.407 e. The van der Waals surface area contributed by atoms with Crippen LogP contribution in [0.3, 0.4) is 0 Å². The molecule has 6 aromatic rings. The molecule has 4 aliphatic rings. The number of fused-ring (bicyclic) bond motifs is 5. The van der Waals surface area contributed by atoms with Gasteiger partial charge in [0.15, 0.2) is 0 Å². The third-order valence-corrected chi connectivity index (χ3v) is 15.2. The first-order valence-corrected chi connectivity index (χ1v) is 24.4. The first-order valence-electron chi connectivity index (χ1n) is 23.6. The summed E-state index contributed by atoms with van der Waals surface area (Å²) < 4.78 is 51.3. The fraction of sp³-hybridized carbons (Fsp3) is 0.440. The number of benzene rings is 2. The number of rotatable bonds is 12. The molecule has 2 aromatic carbocycles. The van der Waals surface area contributed by atoms with Gasteiger partial charge in [-0.1, -0.05) is 33.8 Å². The van der Waals surface area contributed by atoms with Crippen molar-refractivity contribution in [3.8, 4) is 39.5 Å². The SMILES string of the molecule is COC(=O)N[C@H](C(=O)N1CCC[C@H]1c1ncc(-c2cc(F)c3c(c2)OC(c2sc(C4CC4)cc2F)n2c-3cc3cc(-c4cnc([C@@H]5CCCN5C(=O)[C@@H](NC(=O)OC)C(C)C)[nH]4)ccc32)[nH]1)C(C)C. The van der Waals surface area contributed by atoms with Crippen molar-refractivity contribution in [2.24, 2.45) is 11.8 Å². The molecule has 4 aromatic heterocycles. The summed E-state index contributed by atoms with van der Waals surface area (Å²) in [5, 5.41) is 6.13. The molecule has 3 fully saturated rings. The van der Waals surface area contributed by atoms with Crippen molar-refractivity contribution in [2.75, 3.05) is 27.3 Å². The number of alkyl carbamates (subject to hydrolysis) is 2. The number of thiophene rings is 1. The van der Waals surface area contributed by atoms with E-state index in [-0.39, 0.29) is 46.8 Å². The summed E-state index contributed by atoms with van der Waals surface area (Å²) in [5.41, 5.74) is 3.96. The van der Waals surface area contributed by atoms with Crippen molar-refractivity contribution in [1.29, 1.82) is 0 Å². The van der Waals surface area contributed by atoms with Gasteiger partial charge in [-0.05, 0) is 92.7 Å². The molecule has 2 saturated heterocycles. The van der Waals surface area contributed by atoms with Crippen LogP contribution in [0.15, 0.2) is 54.9 Å². The average Bonchev–Trinajstić information content (AvgIpc) is 4.02. The highest BCUT2D eigenvalue weighted by atomic mass is 32.1. The second kappa shape index (κ2) is 18.3. The molecule has 16 nitrogen and oxygen atoms in total. The van der Waals surface area contributed by atoms with Crippen LogP contribution >= 0.6 is 11.3 Å². The molecule has 4 amide bonds. The van der Waals surface area contributed by atoms with Crippen molar-refractivity contribution in [1.82, 2.24) is 44.9 Å². The van der Waals surface area contributed by atoms with Crippen molar-refractivity contribution in [3.05, 3.63) is 87.9 Å². The van der Waals surface area contributed by atoms with Gasteiger partial charge in [-0.15, -0.1) is 11.3 Å². The summed E-state index contributed by atoms with van der Waals surface area (Å²) in [6.07, 6.45) is 5.89. The topological polar surface area (TPSA) is 189 Å². The summed E-state index contributed by atoms with van der Waals surface area (Å²) in [5.74, 6) is -0.0343. The maximum atomic E-state index is 16.9. The number of likely N-dealkylation sites (tertiary alicyclic amines) is 2. The standard InChI is InChI=1S/C50H55F2N9O7S/c1-24(2)41(57-49(64)66-5)46(62)59-15-7-9-35(59)44-53-22-32(55-44)27-13-14-34-29(17-27)19-37-40-30(51)18-28(20-38(40)68-48(61(34)37)43-31(52)21-39(69-43)26-11-12-26)33-23-54-45(56-33)36-10-8-16-60(36)47(63)42(25(3)4)58-50(65)67-6/h13-14,17-26,35-36,41-42,48H,7-12,15-16H2,1-6H3,(H,53,55)(H,54,56)(H,57,64)(H,58,65)/t35-,36-,41-,42-,48?/m0/s1. The highest BCUT2D eigenvalue weighted by Crippen LogP contribution is 2.51. The number of hydrogen-bond acceptors (Lipinski definition) is 10. The lowest BCUT2D eigenvalue weighted by Crippen LogP contribution is -2.51. The molecule has 5 atom stereocenters. The Hall–Kier alpha value is -6.76. The van der Waals surface area contributed by atoms with Gasteiger partial charge in [-0.3, -0.25) is 14.2 Å². The minimum Gasteiger partial charge on any atom is -0.464 e.